The van der Waals surface area contributed by atoms with Gasteiger partial charge >= 0.3 is 0 Å². The number of rotatable bonds is 3. The number of thiophene rings is 1. The number of carbonyl (C=O) groups excluding carboxylic acids is 1. The Morgan fingerprint density at radius 1 is 1.18 bits per heavy atom. The zero-order chi connectivity index (χ0) is 15.7. The average Bonchev–Trinajstić information content (AvgIpc) is 3.14. The monoisotopic (exact) mass is 351 g/mol. The van der Waals surface area contributed by atoms with Crippen LogP contribution in [0.3, 0.4) is 0 Å². The number of nitrogens with one attached hydrogen (secondary N) is 1. The quantitative estimate of drug-likeness (QED) is 0.673. The lowest BCUT2D eigenvalue weighted by Crippen LogP contribution is -2.12. The van der Waals surface area contributed by atoms with Crippen molar-refractivity contribution in [1.29, 1.82) is 0 Å². The number of nitrogens with two attached hydrogens (primary N) is 1. The number of halogens is 2. The fourth-order valence-electron chi connectivity index (χ4n) is 2.02. The van der Waals surface area contributed by atoms with Gasteiger partial charge in [0.05, 0.1) is 21.4 Å². The van der Waals surface area contributed by atoms with E-state index in [9.17, 15) is 4.79 Å². The fraction of sp³-hybridized carbons (Fsp3) is 0. The topological polar surface area (TPSA) is 60.0 Å². The number of hydrogen-bond donors (Lipinski definition) is 2. The SMILES string of the molecule is Nc1c(Cl)cc(NC(=O)c2sccc2-n2cccc2)cc1Cl. The van der Waals surface area contributed by atoms with Crippen LogP contribution >= 0.6 is 34.5 Å². The number of benzene rings is 1. The van der Waals surface area contributed by atoms with Gasteiger partial charge in [-0.2, -0.15) is 0 Å². The third kappa shape index (κ3) is 2.83. The Labute approximate surface area is 141 Å². The Hall–Kier alpha value is -1.95. The molecular formula is C15H11Cl2N3OS. The largest absolute Gasteiger partial charge is 0.396 e. The molecule has 0 aliphatic heterocycles. The highest BCUT2D eigenvalue weighted by Gasteiger charge is 2.15. The lowest BCUT2D eigenvalue weighted by molar-refractivity contribution is 0.103. The zero-order valence-electron chi connectivity index (χ0n) is 11.2. The molecule has 7 heteroatoms. The van der Waals surface area contributed by atoms with E-state index in [2.05, 4.69) is 5.32 Å². The Morgan fingerprint density at radius 3 is 2.45 bits per heavy atom. The van der Waals surface area contributed by atoms with Gasteiger partial charge in [0, 0.05) is 18.1 Å². The van der Waals surface area contributed by atoms with E-state index in [0.29, 0.717) is 26.3 Å². The van der Waals surface area contributed by atoms with Gasteiger partial charge in [0.1, 0.15) is 4.88 Å². The van der Waals surface area contributed by atoms with Crippen LogP contribution in [-0.2, 0) is 0 Å². The normalized spacial score (nSPS) is 10.6. The van der Waals surface area contributed by atoms with E-state index in [1.54, 1.807) is 12.1 Å². The summed E-state index contributed by atoms with van der Waals surface area (Å²) in [7, 11) is 0. The highest BCUT2D eigenvalue weighted by atomic mass is 35.5. The predicted octanol–water partition coefficient (Wildman–Crippen LogP) is 4.68. The second-order valence-corrected chi connectivity index (χ2v) is 6.26. The third-order valence-corrected chi connectivity index (χ3v) is 4.60. The Kier molecular flexibility index (Phi) is 4.11. The Bertz CT molecular complexity index is 804. The summed E-state index contributed by atoms with van der Waals surface area (Å²) >= 11 is 13.3. The number of carbonyl (C=O) groups is 1. The summed E-state index contributed by atoms with van der Waals surface area (Å²) in [6.45, 7) is 0. The van der Waals surface area contributed by atoms with Crippen LogP contribution in [0.15, 0.2) is 48.1 Å². The Morgan fingerprint density at radius 2 is 1.82 bits per heavy atom. The van der Waals surface area contributed by atoms with Gasteiger partial charge < -0.3 is 15.6 Å². The summed E-state index contributed by atoms with van der Waals surface area (Å²) in [4.78, 5) is 13.1. The molecule has 1 aromatic carbocycles. The van der Waals surface area contributed by atoms with Crippen molar-refractivity contribution in [3.05, 3.63) is 63.0 Å². The summed E-state index contributed by atoms with van der Waals surface area (Å²) in [6, 6.07) is 8.84. The molecule has 0 aliphatic carbocycles. The molecule has 0 fully saturated rings. The van der Waals surface area contributed by atoms with Crippen LogP contribution in [0.4, 0.5) is 11.4 Å². The van der Waals surface area contributed by atoms with Crippen LogP contribution in [0.25, 0.3) is 5.69 Å². The van der Waals surface area contributed by atoms with Crippen molar-refractivity contribution in [2.24, 2.45) is 0 Å². The molecule has 22 heavy (non-hydrogen) atoms. The van der Waals surface area contributed by atoms with Crippen molar-refractivity contribution in [3.8, 4) is 5.69 Å². The molecule has 0 spiro atoms. The maximum absolute atomic E-state index is 12.5. The van der Waals surface area contributed by atoms with Gasteiger partial charge in [0.15, 0.2) is 0 Å². The molecule has 0 atom stereocenters. The minimum Gasteiger partial charge on any atom is -0.396 e. The van der Waals surface area contributed by atoms with Crippen LogP contribution in [0.5, 0.6) is 0 Å². The van der Waals surface area contributed by atoms with Gasteiger partial charge in [0.2, 0.25) is 0 Å². The first-order chi connectivity index (χ1) is 10.6. The molecule has 2 aromatic heterocycles. The van der Waals surface area contributed by atoms with Gasteiger partial charge in [-0.1, -0.05) is 23.2 Å². The minimum atomic E-state index is -0.226. The molecule has 3 N–H and O–H groups in total. The van der Waals surface area contributed by atoms with Crippen LogP contribution < -0.4 is 11.1 Å². The summed E-state index contributed by atoms with van der Waals surface area (Å²) in [5, 5.41) is 5.27. The first kappa shape index (κ1) is 15.0. The molecule has 4 nitrogen and oxygen atoms in total. The number of anilines is 2. The molecule has 112 valence electrons. The lowest BCUT2D eigenvalue weighted by atomic mass is 10.2. The maximum Gasteiger partial charge on any atom is 0.267 e. The van der Waals surface area contributed by atoms with E-state index < -0.39 is 0 Å². The molecule has 0 saturated heterocycles. The fourth-order valence-corrected chi connectivity index (χ4v) is 3.29. The van der Waals surface area contributed by atoms with Crippen molar-refractivity contribution >= 4 is 51.8 Å². The van der Waals surface area contributed by atoms with Crippen LogP contribution in [0.2, 0.25) is 10.0 Å². The average molecular weight is 352 g/mol. The smallest absolute Gasteiger partial charge is 0.267 e. The van der Waals surface area contributed by atoms with E-state index in [4.69, 9.17) is 28.9 Å². The predicted molar refractivity (Wildman–Crippen MR) is 92.5 cm³/mol. The molecule has 3 aromatic rings. The Balaban J connectivity index is 1.89. The molecule has 0 aliphatic rings. The lowest BCUT2D eigenvalue weighted by Gasteiger charge is -2.09. The van der Waals surface area contributed by atoms with Gasteiger partial charge in [-0.05, 0) is 35.7 Å². The van der Waals surface area contributed by atoms with E-state index in [0.717, 1.165) is 5.69 Å². The van der Waals surface area contributed by atoms with Crippen molar-refractivity contribution in [1.82, 2.24) is 4.57 Å². The van der Waals surface area contributed by atoms with Crippen molar-refractivity contribution in [3.63, 3.8) is 0 Å². The van der Waals surface area contributed by atoms with Gasteiger partial charge in [-0.15, -0.1) is 11.3 Å². The maximum atomic E-state index is 12.5. The number of hydrogen-bond acceptors (Lipinski definition) is 3. The summed E-state index contributed by atoms with van der Waals surface area (Å²) in [5.41, 5.74) is 7.30. The van der Waals surface area contributed by atoms with Gasteiger partial charge in [0.25, 0.3) is 5.91 Å². The van der Waals surface area contributed by atoms with Gasteiger partial charge in [-0.25, -0.2) is 0 Å². The van der Waals surface area contributed by atoms with Gasteiger partial charge in [-0.3, -0.25) is 4.79 Å². The molecule has 0 bridgehead atoms. The number of nitrogen functional groups attached to an aromatic ring is 1. The first-order valence-corrected chi connectivity index (χ1v) is 7.96. The van der Waals surface area contributed by atoms with Crippen LogP contribution in [-0.4, -0.2) is 10.5 Å². The molecule has 0 unspecified atom stereocenters. The first-order valence-electron chi connectivity index (χ1n) is 6.33. The standard InChI is InChI=1S/C15H11Cl2N3OS/c16-10-7-9(8-11(17)13(10)18)19-15(21)14-12(3-6-22-14)20-4-1-2-5-20/h1-8H,18H2,(H,19,21). The third-order valence-electron chi connectivity index (χ3n) is 3.07. The second-order valence-electron chi connectivity index (χ2n) is 4.53. The number of nitrogens with zero attached hydrogens (tertiary/aromatic N) is 1. The summed E-state index contributed by atoms with van der Waals surface area (Å²) < 4.78 is 1.88. The van der Waals surface area contributed by atoms with Crippen molar-refractivity contribution in [2.75, 3.05) is 11.1 Å². The van der Waals surface area contributed by atoms with Crippen molar-refractivity contribution < 1.29 is 4.79 Å². The molecule has 3 rings (SSSR count). The molecule has 2 heterocycles. The molecule has 1 amide bonds. The molecule has 0 saturated carbocycles. The second kappa shape index (κ2) is 6.04. The minimum absolute atomic E-state index is 0.226. The number of amides is 1. The molecular weight excluding hydrogens is 341 g/mol. The van der Waals surface area contributed by atoms with E-state index in [1.165, 1.54) is 11.3 Å². The number of aromatic nitrogens is 1. The van der Waals surface area contributed by atoms with Crippen LogP contribution in [0.1, 0.15) is 9.67 Å². The highest BCUT2D eigenvalue weighted by Crippen LogP contribution is 2.32. The summed E-state index contributed by atoms with van der Waals surface area (Å²) in [5.74, 6) is -0.226. The van der Waals surface area contributed by atoms with Crippen LogP contribution in [0, 0.1) is 0 Å². The van der Waals surface area contributed by atoms with Crippen molar-refractivity contribution in [2.45, 2.75) is 0 Å². The molecule has 0 radical (unpaired) electrons. The van der Waals surface area contributed by atoms with E-state index in [-0.39, 0.29) is 5.91 Å². The highest BCUT2D eigenvalue weighted by molar-refractivity contribution is 7.12. The van der Waals surface area contributed by atoms with E-state index >= 15 is 0 Å². The zero-order valence-corrected chi connectivity index (χ0v) is 13.5. The van der Waals surface area contributed by atoms with E-state index in [1.807, 2.05) is 40.5 Å². The summed E-state index contributed by atoms with van der Waals surface area (Å²) in [6.07, 6.45) is 3.77.